The summed E-state index contributed by atoms with van der Waals surface area (Å²) in [6.45, 7) is 0.597. The van der Waals surface area contributed by atoms with Crippen LogP contribution in [0, 0.1) is 0 Å². The molecule has 0 spiro atoms. The van der Waals surface area contributed by atoms with Crippen molar-refractivity contribution < 1.29 is 22.5 Å². The van der Waals surface area contributed by atoms with E-state index in [1.807, 2.05) is 30.3 Å². The zero-order valence-corrected chi connectivity index (χ0v) is 15.2. The third-order valence-corrected chi connectivity index (χ3v) is 4.68. The van der Waals surface area contributed by atoms with E-state index >= 15 is 0 Å². The van der Waals surface area contributed by atoms with Crippen LogP contribution in [0.1, 0.15) is 28.8 Å². The number of carbonyl (C=O) groups is 1. The number of halogens is 3. The van der Waals surface area contributed by atoms with Gasteiger partial charge in [-0.2, -0.15) is 18.2 Å². The lowest BCUT2D eigenvalue weighted by Gasteiger charge is -2.37. The van der Waals surface area contributed by atoms with E-state index in [-0.39, 0.29) is 11.6 Å². The van der Waals surface area contributed by atoms with Gasteiger partial charge >= 0.3 is 12.2 Å². The van der Waals surface area contributed by atoms with E-state index in [0.29, 0.717) is 31.2 Å². The predicted molar refractivity (Wildman–Crippen MR) is 98.3 cm³/mol. The summed E-state index contributed by atoms with van der Waals surface area (Å²) in [5, 5.41) is 6.29. The number of likely N-dealkylation sites (tertiary alicyclic amines) is 1. The Hall–Kier alpha value is -3.36. The summed E-state index contributed by atoms with van der Waals surface area (Å²) >= 11 is 0. The van der Waals surface area contributed by atoms with Crippen LogP contribution >= 0.6 is 0 Å². The maximum atomic E-state index is 13.0. The van der Waals surface area contributed by atoms with Gasteiger partial charge in [0, 0.05) is 19.5 Å². The van der Waals surface area contributed by atoms with Gasteiger partial charge in [0.1, 0.15) is 0 Å². The molecule has 1 aromatic heterocycles. The van der Waals surface area contributed by atoms with E-state index in [9.17, 15) is 18.0 Å². The van der Waals surface area contributed by atoms with Crippen molar-refractivity contribution in [1.82, 2.24) is 15.0 Å². The minimum atomic E-state index is -4.54. The maximum Gasteiger partial charge on any atom is 0.418 e. The summed E-state index contributed by atoms with van der Waals surface area (Å²) in [5.41, 5.74) is -0.0953. The first-order valence-corrected chi connectivity index (χ1v) is 8.98. The molecule has 29 heavy (non-hydrogen) atoms. The first-order chi connectivity index (χ1) is 13.9. The molecule has 9 heteroatoms. The molecule has 0 unspecified atom stereocenters. The average molecular weight is 402 g/mol. The molecule has 1 aliphatic heterocycles. The second kappa shape index (κ2) is 7.57. The molecule has 1 fully saturated rings. The Morgan fingerprint density at radius 1 is 1.10 bits per heavy atom. The predicted octanol–water partition coefficient (Wildman–Crippen LogP) is 4.31. The SMILES string of the molecule is O=C(Nc1ccccc1C(F)(F)F)N1CC(c2nc(Cc3ccccc3)no2)C1. The fourth-order valence-electron chi connectivity index (χ4n) is 3.12. The van der Waals surface area contributed by atoms with Crippen molar-refractivity contribution in [2.45, 2.75) is 18.5 Å². The largest absolute Gasteiger partial charge is 0.418 e. The Kier molecular flexibility index (Phi) is 4.96. The van der Waals surface area contributed by atoms with Crippen LogP contribution in [0.15, 0.2) is 59.1 Å². The fourth-order valence-corrected chi connectivity index (χ4v) is 3.12. The Bertz CT molecular complexity index is 998. The van der Waals surface area contributed by atoms with Gasteiger partial charge in [-0.1, -0.05) is 47.6 Å². The molecule has 1 saturated heterocycles. The molecule has 3 aromatic rings. The summed E-state index contributed by atoms with van der Waals surface area (Å²) in [7, 11) is 0. The minimum absolute atomic E-state index is 0.129. The van der Waals surface area contributed by atoms with Crippen molar-refractivity contribution in [2.75, 3.05) is 18.4 Å². The topological polar surface area (TPSA) is 71.3 Å². The van der Waals surface area contributed by atoms with Crippen molar-refractivity contribution in [3.05, 3.63) is 77.4 Å². The number of rotatable bonds is 4. The van der Waals surface area contributed by atoms with Crippen LogP contribution in [0.5, 0.6) is 0 Å². The number of hydrogen-bond donors (Lipinski definition) is 1. The first kappa shape index (κ1) is 19.0. The molecule has 2 aromatic carbocycles. The Morgan fingerprint density at radius 3 is 2.52 bits per heavy atom. The van der Waals surface area contributed by atoms with Crippen molar-refractivity contribution >= 4 is 11.7 Å². The second-order valence-electron chi connectivity index (χ2n) is 6.79. The van der Waals surface area contributed by atoms with E-state index in [1.54, 1.807) is 0 Å². The van der Waals surface area contributed by atoms with Gasteiger partial charge < -0.3 is 14.7 Å². The number of urea groups is 1. The summed E-state index contributed by atoms with van der Waals surface area (Å²) in [5.74, 6) is 0.847. The number of amides is 2. The van der Waals surface area contributed by atoms with Crippen molar-refractivity contribution in [1.29, 1.82) is 0 Å². The van der Waals surface area contributed by atoms with Crippen LogP contribution in [0.4, 0.5) is 23.7 Å². The number of anilines is 1. The molecule has 0 saturated carbocycles. The molecular formula is C20H17F3N4O2. The van der Waals surface area contributed by atoms with Crippen molar-refractivity contribution in [3.63, 3.8) is 0 Å². The summed E-state index contributed by atoms with van der Waals surface area (Å²) < 4.78 is 44.4. The zero-order chi connectivity index (χ0) is 20.4. The lowest BCUT2D eigenvalue weighted by molar-refractivity contribution is -0.136. The standard InChI is InChI=1S/C20H17F3N4O2/c21-20(22,23)15-8-4-5-9-16(15)24-19(28)27-11-14(12-27)18-25-17(26-29-18)10-13-6-2-1-3-7-13/h1-9,14H,10-12H2,(H,24,28). The van der Waals surface area contributed by atoms with E-state index in [4.69, 9.17) is 4.52 Å². The highest BCUT2D eigenvalue weighted by atomic mass is 19.4. The van der Waals surface area contributed by atoms with Crippen LogP contribution in [0.3, 0.4) is 0 Å². The number of benzene rings is 2. The number of aromatic nitrogens is 2. The number of nitrogens with zero attached hydrogens (tertiary/aromatic N) is 3. The van der Waals surface area contributed by atoms with E-state index in [0.717, 1.165) is 11.6 Å². The molecule has 0 atom stereocenters. The molecule has 6 nitrogen and oxygen atoms in total. The molecular weight excluding hydrogens is 385 g/mol. The molecule has 4 rings (SSSR count). The number of hydrogen-bond acceptors (Lipinski definition) is 4. The van der Waals surface area contributed by atoms with Gasteiger partial charge in [-0.15, -0.1) is 0 Å². The second-order valence-corrected chi connectivity index (χ2v) is 6.79. The van der Waals surface area contributed by atoms with Gasteiger partial charge in [-0.05, 0) is 17.7 Å². The van der Waals surface area contributed by atoms with Crippen LogP contribution in [-0.2, 0) is 12.6 Å². The summed E-state index contributed by atoms with van der Waals surface area (Å²) in [4.78, 5) is 18.0. The molecule has 2 amide bonds. The summed E-state index contributed by atoms with van der Waals surface area (Å²) in [6, 6.07) is 14.0. The first-order valence-electron chi connectivity index (χ1n) is 8.98. The number of nitrogens with one attached hydrogen (secondary N) is 1. The normalized spacial score (nSPS) is 14.5. The van der Waals surface area contributed by atoms with Crippen LogP contribution in [0.25, 0.3) is 0 Å². The molecule has 0 radical (unpaired) electrons. The Labute approximate surface area is 164 Å². The van der Waals surface area contributed by atoms with Crippen molar-refractivity contribution in [3.8, 4) is 0 Å². The van der Waals surface area contributed by atoms with Gasteiger partial charge in [-0.25, -0.2) is 4.79 Å². The third kappa shape index (κ3) is 4.23. The van der Waals surface area contributed by atoms with Gasteiger partial charge in [0.2, 0.25) is 5.89 Å². The van der Waals surface area contributed by atoms with Crippen LogP contribution < -0.4 is 5.32 Å². The number of alkyl halides is 3. The van der Waals surface area contributed by atoms with Gasteiger partial charge in [-0.3, -0.25) is 0 Å². The number of para-hydroxylation sites is 1. The Balaban J connectivity index is 1.34. The zero-order valence-electron chi connectivity index (χ0n) is 15.2. The lowest BCUT2D eigenvalue weighted by Crippen LogP contribution is -2.50. The van der Waals surface area contributed by atoms with Gasteiger partial charge in [0.05, 0.1) is 17.2 Å². The molecule has 150 valence electrons. The molecule has 1 N–H and O–H groups in total. The maximum absolute atomic E-state index is 13.0. The van der Waals surface area contributed by atoms with E-state index < -0.39 is 17.8 Å². The monoisotopic (exact) mass is 402 g/mol. The van der Waals surface area contributed by atoms with Crippen LogP contribution in [-0.4, -0.2) is 34.2 Å². The number of carbonyl (C=O) groups excluding carboxylic acids is 1. The molecule has 0 bridgehead atoms. The fraction of sp³-hybridized carbons (Fsp3) is 0.250. The smallest absolute Gasteiger partial charge is 0.339 e. The Morgan fingerprint density at radius 2 is 1.79 bits per heavy atom. The average Bonchev–Trinajstić information content (AvgIpc) is 3.09. The minimum Gasteiger partial charge on any atom is -0.339 e. The van der Waals surface area contributed by atoms with Gasteiger partial charge in [0.15, 0.2) is 5.82 Å². The van der Waals surface area contributed by atoms with E-state index in [1.165, 1.54) is 23.1 Å². The molecule has 1 aliphatic rings. The van der Waals surface area contributed by atoms with Gasteiger partial charge in [0.25, 0.3) is 0 Å². The van der Waals surface area contributed by atoms with E-state index in [2.05, 4.69) is 15.5 Å². The van der Waals surface area contributed by atoms with Crippen molar-refractivity contribution in [2.24, 2.45) is 0 Å². The van der Waals surface area contributed by atoms with Crippen LogP contribution in [0.2, 0.25) is 0 Å². The highest BCUT2D eigenvalue weighted by molar-refractivity contribution is 5.91. The molecule has 2 heterocycles. The highest BCUT2D eigenvalue weighted by Gasteiger charge is 2.37. The third-order valence-electron chi connectivity index (χ3n) is 4.68. The lowest BCUT2D eigenvalue weighted by atomic mass is 10.0. The molecule has 0 aliphatic carbocycles. The summed E-state index contributed by atoms with van der Waals surface area (Å²) in [6.07, 6.45) is -4.00. The highest BCUT2D eigenvalue weighted by Crippen LogP contribution is 2.35. The quantitative estimate of drug-likeness (QED) is 0.706.